The summed E-state index contributed by atoms with van der Waals surface area (Å²) in [6.07, 6.45) is 1.70. The summed E-state index contributed by atoms with van der Waals surface area (Å²) in [6, 6.07) is 5.82. The summed E-state index contributed by atoms with van der Waals surface area (Å²) in [5, 5.41) is 10.7. The molecule has 0 unspecified atom stereocenters. The molecular formula is C24H32ClNORu. The quantitative estimate of drug-likeness (QED) is 0.268. The molecule has 0 saturated heterocycles. The first-order valence-corrected chi connectivity index (χ1v) is 11.1. The molecule has 28 heavy (non-hydrogen) atoms. The molecule has 0 fully saturated rings. The fraction of sp³-hybridized carbons (Fsp3) is 0.333. The third-order valence-corrected chi connectivity index (χ3v) is 5.64. The van der Waals surface area contributed by atoms with E-state index in [0.29, 0.717) is 11.3 Å². The van der Waals surface area contributed by atoms with Gasteiger partial charge in [0.25, 0.3) is 0 Å². The Morgan fingerprint density at radius 2 is 1.14 bits per heavy atom. The number of pyridine rings is 1. The van der Waals surface area contributed by atoms with Crippen LogP contribution in [-0.4, -0.2) is 10.1 Å². The number of aryl methyl sites for hydroxylation is 2. The predicted molar refractivity (Wildman–Crippen MR) is 120 cm³/mol. The van der Waals surface area contributed by atoms with Crippen LogP contribution < -0.4 is 0 Å². The number of aromatic hydroxyl groups is 1. The van der Waals surface area contributed by atoms with Gasteiger partial charge in [0.15, 0.2) is 0 Å². The first kappa shape index (κ1) is 26.6. The van der Waals surface area contributed by atoms with Crippen molar-refractivity contribution in [2.45, 2.75) is 55.4 Å². The summed E-state index contributed by atoms with van der Waals surface area (Å²) in [6.45, 7) is 17.2. The van der Waals surface area contributed by atoms with Crippen molar-refractivity contribution in [2.24, 2.45) is 0 Å². The van der Waals surface area contributed by atoms with Gasteiger partial charge in [0.05, 0.1) is 0 Å². The molecule has 0 radical (unpaired) electrons. The molecule has 2 nitrogen and oxygen atoms in total. The Morgan fingerprint density at radius 1 is 0.750 bits per heavy atom. The molecule has 3 rings (SSSR count). The van der Waals surface area contributed by atoms with Crippen molar-refractivity contribution in [3.05, 3.63) is 76.3 Å². The molecular weight excluding hydrogens is 455 g/mol. The third-order valence-electron chi connectivity index (χ3n) is 5.64. The molecule has 0 bridgehead atoms. The van der Waals surface area contributed by atoms with Gasteiger partial charge in [-0.1, -0.05) is 12.1 Å². The van der Waals surface area contributed by atoms with Crippen LogP contribution in [0.4, 0.5) is 0 Å². The van der Waals surface area contributed by atoms with E-state index >= 15 is 0 Å². The van der Waals surface area contributed by atoms with Gasteiger partial charge in [-0.05, 0) is 106 Å². The van der Waals surface area contributed by atoms with Crippen molar-refractivity contribution >= 4 is 20.6 Å². The second kappa shape index (κ2) is 11.5. The average molecular weight is 487 g/mol. The molecule has 1 N–H and O–H groups in total. The number of benzene rings is 2. The van der Waals surface area contributed by atoms with Crippen LogP contribution in [0, 0.1) is 62.8 Å². The Morgan fingerprint density at radius 3 is 1.54 bits per heavy atom. The van der Waals surface area contributed by atoms with Crippen molar-refractivity contribution in [3.8, 4) is 5.75 Å². The van der Waals surface area contributed by atoms with Crippen molar-refractivity contribution in [2.75, 3.05) is 0 Å². The first-order chi connectivity index (χ1) is 12.7. The molecule has 0 amide bonds. The van der Waals surface area contributed by atoms with Crippen LogP contribution in [0.15, 0.2) is 24.4 Å². The van der Waals surface area contributed by atoms with E-state index < -0.39 is 0 Å². The van der Waals surface area contributed by atoms with E-state index in [4.69, 9.17) is 0 Å². The van der Waals surface area contributed by atoms with Gasteiger partial charge in [0.1, 0.15) is 11.3 Å². The average Bonchev–Trinajstić information content (AvgIpc) is 2.69. The van der Waals surface area contributed by atoms with Crippen molar-refractivity contribution < 1.29 is 22.4 Å². The molecule has 154 valence electrons. The maximum absolute atomic E-state index is 9.72. The van der Waals surface area contributed by atoms with Crippen LogP contribution in [0.3, 0.4) is 0 Å². The van der Waals surface area contributed by atoms with Gasteiger partial charge in [-0.3, -0.25) is 4.98 Å². The molecule has 0 aliphatic heterocycles. The van der Waals surface area contributed by atoms with Crippen LogP contribution in [0.2, 0.25) is 0 Å². The molecule has 1 aromatic heterocycles. The number of rotatable bonds is 0. The molecule has 0 atom stereocenters. The number of hydrogen-bond acceptors (Lipinski definition) is 2. The van der Waals surface area contributed by atoms with Gasteiger partial charge in [0, 0.05) is 11.6 Å². The van der Waals surface area contributed by atoms with Crippen LogP contribution in [0.1, 0.15) is 44.5 Å². The minimum atomic E-state index is 0. The van der Waals surface area contributed by atoms with Gasteiger partial charge in [-0.25, -0.2) is 0 Å². The Labute approximate surface area is 185 Å². The number of phenols is 1. The molecule has 0 aliphatic carbocycles. The Hall–Kier alpha value is -1.44. The summed E-state index contributed by atoms with van der Waals surface area (Å²) in [4.78, 5) is 4.15. The van der Waals surface area contributed by atoms with Gasteiger partial charge in [-0.2, -0.15) is 0 Å². The topological polar surface area (TPSA) is 33.1 Å². The van der Waals surface area contributed by atoms with Crippen molar-refractivity contribution in [3.63, 3.8) is 0 Å². The van der Waals surface area contributed by atoms with E-state index in [1.54, 1.807) is 6.20 Å². The predicted octanol–water partition coefficient (Wildman–Crippen LogP) is 7.23. The molecule has 0 spiro atoms. The number of nitrogens with zero attached hydrogens (tertiary/aromatic N) is 1. The Kier molecular flexibility index (Phi) is 10.9. The zero-order chi connectivity index (χ0) is 20.9. The maximum atomic E-state index is 9.72. The molecule has 4 heteroatoms. The van der Waals surface area contributed by atoms with Crippen LogP contribution >= 0.6 is 9.69 Å². The van der Waals surface area contributed by atoms with E-state index in [1.165, 1.54) is 33.4 Å². The van der Waals surface area contributed by atoms with Gasteiger partial charge >= 0.3 is 27.0 Å². The van der Waals surface area contributed by atoms with Crippen LogP contribution in [-0.2, 0) is 17.3 Å². The van der Waals surface area contributed by atoms with Gasteiger partial charge in [-0.15, -0.1) is 0 Å². The Balaban J connectivity index is 0.000000465. The Bertz CT molecular complexity index is 846. The second-order valence-corrected chi connectivity index (χ2v) is 7.01. The molecule has 3 aromatic rings. The first-order valence-electron chi connectivity index (χ1n) is 8.87. The van der Waals surface area contributed by atoms with Gasteiger partial charge in [0.2, 0.25) is 0 Å². The molecule has 0 saturated carbocycles. The van der Waals surface area contributed by atoms with E-state index in [1.807, 2.05) is 49.4 Å². The monoisotopic (exact) mass is 487 g/mol. The number of phenolic OH excluding ortho intramolecular Hbond substituents is 1. The van der Waals surface area contributed by atoms with Gasteiger partial charge < -0.3 is 12.5 Å². The standard InChI is InChI=1S/C12H18.C11H11NO.CH3.ClH.Ru/c1-7-8(2)10(4)12(6)11(5)9(7)3;1-7-6-8(2)11(13)10-9(7)4-3-5-12-10;;;/h1-6H3;3-6,13H,1-2H3;1H3;1H;/q;;-1;;+2/p-1. The summed E-state index contributed by atoms with van der Waals surface area (Å²) in [7, 11) is 4.57. The van der Waals surface area contributed by atoms with Crippen molar-refractivity contribution in [1.82, 2.24) is 4.98 Å². The third kappa shape index (κ3) is 5.55. The summed E-state index contributed by atoms with van der Waals surface area (Å²) >= 11 is 1.82. The zero-order valence-corrected chi connectivity index (χ0v) is 20.9. The number of hydrogen-bond donors (Lipinski definition) is 1. The van der Waals surface area contributed by atoms with E-state index in [0.717, 1.165) is 16.5 Å². The molecule has 0 aliphatic rings. The summed E-state index contributed by atoms with van der Waals surface area (Å²) in [5.41, 5.74) is 11.4. The fourth-order valence-corrected chi connectivity index (χ4v) is 3.26. The van der Waals surface area contributed by atoms with E-state index in [2.05, 4.69) is 56.2 Å². The van der Waals surface area contributed by atoms with Crippen LogP contribution in [0.5, 0.6) is 5.75 Å². The SMILES string of the molecule is Cc1c(C)c(C)c(C)c(C)c1C.Cc1cc(C)c2cccnc2c1O.[CH3-].[Cl][Ru+]. The fourth-order valence-electron chi connectivity index (χ4n) is 3.26. The van der Waals surface area contributed by atoms with E-state index in [-0.39, 0.29) is 7.43 Å². The number of aromatic nitrogens is 1. The number of halogens is 1. The normalized spacial score (nSPS) is 9.64. The second-order valence-electron chi connectivity index (χ2n) is 7.01. The molecule has 1 heterocycles. The van der Waals surface area contributed by atoms with Crippen molar-refractivity contribution in [1.29, 1.82) is 0 Å². The van der Waals surface area contributed by atoms with Crippen LogP contribution in [0.25, 0.3) is 10.9 Å². The van der Waals surface area contributed by atoms with E-state index in [9.17, 15) is 5.11 Å². The molecule has 2 aromatic carbocycles. The number of fused-ring (bicyclic) bond motifs is 1. The summed E-state index contributed by atoms with van der Waals surface area (Å²) in [5.74, 6) is 0.293. The minimum absolute atomic E-state index is 0. The zero-order valence-electron chi connectivity index (χ0n) is 18.4. The summed E-state index contributed by atoms with van der Waals surface area (Å²) < 4.78 is 0.